The van der Waals surface area contributed by atoms with Gasteiger partial charge >= 0.3 is 0 Å². The van der Waals surface area contributed by atoms with Crippen molar-refractivity contribution in [1.82, 2.24) is 9.55 Å². The highest BCUT2D eigenvalue weighted by atomic mass is 35.5. The smallest absolute Gasteiger partial charge is 0.0995 e. The number of hydrogen-bond acceptors (Lipinski definition) is 2. The summed E-state index contributed by atoms with van der Waals surface area (Å²) in [6, 6.07) is 5.23. The summed E-state index contributed by atoms with van der Waals surface area (Å²) in [6.45, 7) is 1.90. The second-order valence-corrected chi connectivity index (χ2v) is 4.42. The van der Waals surface area contributed by atoms with E-state index in [9.17, 15) is 0 Å². The van der Waals surface area contributed by atoms with Gasteiger partial charge in [-0.2, -0.15) is 0 Å². The van der Waals surface area contributed by atoms with Gasteiger partial charge in [-0.1, -0.05) is 23.2 Å². The van der Waals surface area contributed by atoms with Crippen molar-refractivity contribution in [1.29, 1.82) is 0 Å². The minimum absolute atomic E-state index is 0.103. The van der Waals surface area contributed by atoms with Crippen molar-refractivity contribution in [2.45, 2.75) is 13.0 Å². The van der Waals surface area contributed by atoms with Gasteiger partial charge in [-0.25, -0.2) is 4.98 Å². The Hall–Kier alpha value is -1.03. The van der Waals surface area contributed by atoms with Crippen LogP contribution >= 0.6 is 23.2 Å². The molecule has 0 aliphatic heterocycles. The summed E-state index contributed by atoms with van der Waals surface area (Å²) < 4.78 is 1.86. The van der Waals surface area contributed by atoms with Gasteiger partial charge in [0.05, 0.1) is 28.9 Å². The first-order chi connectivity index (χ1) is 7.59. The number of nitrogens with zero attached hydrogens (tertiary/aromatic N) is 2. The number of nitrogens with two attached hydrogens (primary N) is 1. The van der Waals surface area contributed by atoms with E-state index in [1.165, 1.54) is 0 Å². The van der Waals surface area contributed by atoms with E-state index in [1.54, 1.807) is 24.7 Å². The lowest BCUT2D eigenvalue weighted by molar-refractivity contribution is 0.752. The average Bonchev–Trinajstić information content (AvgIpc) is 2.66. The van der Waals surface area contributed by atoms with Crippen molar-refractivity contribution < 1.29 is 0 Å². The molecule has 0 saturated carbocycles. The van der Waals surface area contributed by atoms with Crippen LogP contribution in [0.25, 0.3) is 5.69 Å². The quantitative estimate of drug-likeness (QED) is 0.896. The second-order valence-electron chi connectivity index (χ2n) is 3.57. The number of aromatic nitrogens is 2. The summed E-state index contributed by atoms with van der Waals surface area (Å²) in [4.78, 5) is 4.07. The largest absolute Gasteiger partial charge is 0.323 e. The Balaban J connectivity index is 2.54. The Kier molecular flexibility index (Phi) is 3.19. The molecule has 84 valence electrons. The van der Waals surface area contributed by atoms with E-state index in [1.807, 2.05) is 17.6 Å². The Bertz CT molecular complexity index is 506. The van der Waals surface area contributed by atoms with E-state index in [2.05, 4.69) is 4.98 Å². The first-order valence-corrected chi connectivity index (χ1v) is 5.58. The van der Waals surface area contributed by atoms with Crippen molar-refractivity contribution >= 4 is 23.2 Å². The van der Waals surface area contributed by atoms with Crippen LogP contribution in [0.4, 0.5) is 0 Å². The van der Waals surface area contributed by atoms with E-state index < -0.39 is 0 Å². The molecule has 2 rings (SSSR count). The third kappa shape index (κ3) is 2.07. The number of rotatable bonds is 2. The fourth-order valence-corrected chi connectivity index (χ4v) is 2.02. The zero-order valence-electron chi connectivity index (χ0n) is 8.69. The molecule has 16 heavy (non-hydrogen) atoms. The molecule has 1 atom stereocenters. The normalized spacial score (nSPS) is 12.8. The van der Waals surface area contributed by atoms with Crippen molar-refractivity contribution in [3.63, 3.8) is 0 Å². The number of benzene rings is 1. The van der Waals surface area contributed by atoms with Crippen LogP contribution in [0.1, 0.15) is 18.7 Å². The summed E-state index contributed by atoms with van der Waals surface area (Å²) in [7, 11) is 0. The summed E-state index contributed by atoms with van der Waals surface area (Å²) >= 11 is 12.0. The highest BCUT2D eigenvalue weighted by molar-refractivity contribution is 6.35. The minimum atomic E-state index is -0.103. The first-order valence-electron chi connectivity index (χ1n) is 4.83. The molecule has 1 heterocycles. The average molecular weight is 256 g/mol. The van der Waals surface area contributed by atoms with Crippen LogP contribution in [0.15, 0.2) is 30.7 Å². The molecular formula is C11H11Cl2N3. The predicted molar refractivity (Wildman–Crippen MR) is 66.2 cm³/mol. The molecular weight excluding hydrogens is 245 g/mol. The van der Waals surface area contributed by atoms with Gasteiger partial charge in [-0.3, -0.25) is 0 Å². The van der Waals surface area contributed by atoms with Gasteiger partial charge in [0, 0.05) is 11.1 Å². The number of halogens is 2. The van der Waals surface area contributed by atoms with Gasteiger partial charge in [-0.15, -0.1) is 0 Å². The summed E-state index contributed by atoms with van der Waals surface area (Å²) in [5.41, 5.74) is 7.58. The van der Waals surface area contributed by atoms with Gasteiger partial charge in [0.2, 0.25) is 0 Å². The molecule has 1 aromatic heterocycles. The van der Waals surface area contributed by atoms with Crippen molar-refractivity contribution in [2.24, 2.45) is 5.73 Å². The van der Waals surface area contributed by atoms with E-state index in [-0.39, 0.29) is 6.04 Å². The molecule has 0 amide bonds. The maximum absolute atomic E-state index is 6.12. The van der Waals surface area contributed by atoms with Gasteiger partial charge in [0.1, 0.15) is 0 Å². The lowest BCUT2D eigenvalue weighted by Gasteiger charge is -2.12. The van der Waals surface area contributed by atoms with Gasteiger partial charge in [-0.05, 0) is 25.1 Å². The van der Waals surface area contributed by atoms with Crippen LogP contribution in [0, 0.1) is 0 Å². The maximum atomic E-state index is 6.12. The van der Waals surface area contributed by atoms with E-state index >= 15 is 0 Å². The molecule has 5 heteroatoms. The van der Waals surface area contributed by atoms with E-state index in [4.69, 9.17) is 28.9 Å². The van der Waals surface area contributed by atoms with E-state index in [0.29, 0.717) is 10.0 Å². The van der Waals surface area contributed by atoms with Crippen molar-refractivity contribution in [3.05, 3.63) is 46.5 Å². The monoisotopic (exact) mass is 255 g/mol. The number of imidazole rings is 1. The molecule has 0 saturated heterocycles. The standard InChI is InChI=1S/C11H11Cl2N3/c1-7(14)11-5-15-6-16(11)10-3-2-8(12)4-9(10)13/h2-7H,14H2,1H3/t7-/m1/s1. The van der Waals surface area contributed by atoms with Crippen LogP contribution in [0.5, 0.6) is 0 Å². The Morgan fingerprint density at radius 3 is 2.75 bits per heavy atom. The molecule has 0 fully saturated rings. The number of hydrogen-bond donors (Lipinski definition) is 1. The molecule has 0 unspecified atom stereocenters. The van der Waals surface area contributed by atoms with Gasteiger partial charge in [0.25, 0.3) is 0 Å². The zero-order chi connectivity index (χ0) is 11.7. The minimum Gasteiger partial charge on any atom is -0.323 e. The lowest BCUT2D eigenvalue weighted by atomic mass is 10.2. The van der Waals surface area contributed by atoms with Crippen LogP contribution in [0.2, 0.25) is 10.0 Å². The molecule has 2 aromatic rings. The molecule has 2 N–H and O–H groups in total. The zero-order valence-corrected chi connectivity index (χ0v) is 10.2. The van der Waals surface area contributed by atoms with Crippen LogP contribution < -0.4 is 5.73 Å². The van der Waals surface area contributed by atoms with Gasteiger partial charge < -0.3 is 10.3 Å². The van der Waals surface area contributed by atoms with Crippen LogP contribution in [-0.2, 0) is 0 Å². The van der Waals surface area contributed by atoms with Crippen LogP contribution in [-0.4, -0.2) is 9.55 Å². The molecule has 3 nitrogen and oxygen atoms in total. The van der Waals surface area contributed by atoms with Gasteiger partial charge in [0.15, 0.2) is 0 Å². The Labute approximate surface area is 104 Å². The fraction of sp³-hybridized carbons (Fsp3) is 0.182. The summed E-state index contributed by atoms with van der Waals surface area (Å²) in [6.07, 6.45) is 3.42. The molecule has 0 bridgehead atoms. The molecule has 1 aromatic carbocycles. The topological polar surface area (TPSA) is 43.8 Å². The molecule has 0 radical (unpaired) electrons. The lowest BCUT2D eigenvalue weighted by Crippen LogP contribution is -2.10. The highest BCUT2D eigenvalue weighted by Gasteiger charge is 2.10. The highest BCUT2D eigenvalue weighted by Crippen LogP contribution is 2.26. The molecule has 0 aliphatic rings. The van der Waals surface area contributed by atoms with Crippen LogP contribution in [0.3, 0.4) is 0 Å². The fourth-order valence-electron chi connectivity index (χ4n) is 1.52. The van der Waals surface area contributed by atoms with Crippen molar-refractivity contribution in [3.8, 4) is 5.69 Å². The Morgan fingerprint density at radius 1 is 1.38 bits per heavy atom. The predicted octanol–water partition coefficient (Wildman–Crippen LogP) is 3.20. The van der Waals surface area contributed by atoms with E-state index in [0.717, 1.165) is 11.4 Å². The third-order valence-electron chi connectivity index (χ3n) is 2.30. The second kappa shape index (κ2) is 4.45. The third-order valence-corrected chi connectivity index (χ3v) is 2.84. The molecule has 0 spiro atoms. The van der Waals surface area contributed by atoms with Crippen molar-refractivity contribution in [2.75, 3.05) is 0 Å². The SMILES string of the molecule is C[C@@H](N)c1cncn1-c1ccc(Cl)cc1Cl. The summed E-state index contributed by atoms with van der Waals surface area (Å²) in [5, 5.41) is 1.18. The summed E-state index contributed by atoms with van der Waals surface area (Å²) in [5.74, 6) is 0. The first kappa shape index (κ1) is 11.5. The Morgan fingerprint density at radius 2 is 2.12 bits per heavy atom. The maximum Gasteiger partial charge on any atom is 0.0995 e. The molecule has 0 aliphatic carbocycles.